The van der Waals surface area contributed by atoms with Crippen LogP contribution < -0.4 is 0 Å². The van der Waals surface area contributed by atoms with E-state index in [9.17, 15) is 5.11 Å². The molecule has 5 atom stereocenters. The van der Waals surface area contributed by atoms with Crippen molar-refractivity contribution < 1.29 is 5.11 Å². The third-order valence-corrected chi connectivity index (χ3v) is 5.70. The number of hydrogen-bond acceptors (Lipinski definition) is 2. The van der Waals surface area contributed by atoms with Crippen molar-refractivity contribution in [3.8, 4) is 0 Å². The Morgan fingerprint density at radius 2 is 1.86 bits per heavy atom. The lowest BCUT2D eigenvalue weighted by atomic mass is 9.75. The molecule has 1 saturated carbocycles. The highest BCUT2D eigenvalue weighted by Gasteiger charge is 2.33. The maximum absolute atomic E-state index is 9.36. The standard InChI is InChI=1S/C19H37NO/c1-7-15(3)18-10-8-9-11-19(18)20(6)16(4)12-14(2)13-17(5)21/h14-16,18-19,21H,5,7-13H2,1-4,6H3. The van der Waals surface area contributed by atoms with Gasteiger partial charge < -0.3 is 10.0 Å². The molecule has 21 heavy (non-hydrogen) atoms. The number of hydrogen-bond donors (Lipinski definition) is 1. The average Bonchev–Trinajstić information content (AvgIpc) is 2.44. The average molecular weight is 296 g/mol. The first kappa shape index (κ1) is 18.5. The molecule has 1 fully saturated rings. The van der Waals surface area contributed by atoms with Crippen molar-refractivity contribution in [1.82, 2.24) is 4.90 Å². The second-order valence-corrected chi connectivity index (χ2v) is 7.53. The van der Waals surface area contributed by atoms with E-state index in [0.717, 1.165) is 30.7 Å². The molecule has 1 rings (SSSR count). The summed E-state index contributed by atoms with van der Waals surface area (Å²) in [6, 6.07) is 1.32. The van der Waals surface area contributed by atoms with Crippen molar-refractivity contribution in [2.24, 2.45) is 17.8 Å². The molecule has 0 aromatic rings. The van der Waals surface area contributed by atoms with Gasteiger partial charge in [-0.2, -0.15) is 0 Å². The zero-order chi connectivity index (χ0) is 16.0. The fraction of sp³-hybridized carbons (Fsp3) is 0.895. The molecule has 0 saturated heterocycles. The van der Waals surface area contributed by atoms with Gasteiger partial charge in [0, 0.05) is 18.5 Å². The van der Waals surface area contributed by atoms with Crippen molar-refractivity contribution >= 4 is 0 Å². The van der Waals surface area contributed by atoms with Gasteiger partial charge in [-0.05, 0) is 51.0 Å². The number of allylic oxidation sites excluding steroid dienone is 1. The first-order valence-electron chi connectivity index (χ1n) is 8.95. The molecule has 0 spiro atoms. The van der Waals surface area contributed by atoms with Crippen LogP contribution in [0.25, 0.3) is 0 Å². The van der Waals surface area contributed by atoms with Crippen LogP contribution in [0.2, 0.25) is 0 Å². The van der Waals surface area contributed by atoms with Gasteiger partial charge in [0.2, 0.25) is 0 Å². The molecule has 1 N–H and O–H groups in total. The van der Waals surface area contributed by atoms with Gasteiger partial charge in [-0.25, -0.2) is 0 Å². The Hall–Kier alpha value is -0.500. The van der Waals surface area contributed by atoms with E-state index in [2.05, 4.69) is 46.2 Å². The molecule has 1 aliphatic carbocycles. The SMILES string of the molecule is C=C(O)CC(C)CC(C)N(C)C1CCCCC1C(C)CC. The lowest BCUT2D eigenvalue weighted by Gasteiger charge is -2.44. The monoisotopic (exact) mass is 295 g/mol. The predicted octanol–water partition coefficient (Wildman–Crippen LogP) is 5.40. The van der Waals surface area contributed by atoms with Gasteiger partial charge in [-0.3, -0.25) is 0 Å². The summed E-state index contributed by atoms with van der Waals surface area (Å²) < 4.78 is 0. The number of aliphatic hydroxyl groups is 1. The molecule has 0 amide bonds. The number of nitrogens with zero attached hydrogens (tertiary/aromatic N) is 1. The first-order chi connectivity index (χ1) is 9.86. The maximum atomic E-state index is 9.36. The van der Waals surface area contributed by atoms with Crippen molar-refractivity contribution in [3.05, 3.63) is 12.3 Å². The summed E-state index contributed by atoms with van der Waals surface area (Å²) in [5.74, 6) is 2.52. The normalized spacial score (nSPS) is 27.3. The van der Waals surface area contributed by atoms with E-state index < -0.39 is 0 Å². The van der Waals surface area contributed by atoms with Gasteiger partial charge in [-0.15, -0.1) is 0 Å². The number of rotatable bonds is 8. The van der Waals surface area contributed by atoms with Gasteiger partial charge in [0.25, 0.3) is 0 Å². The predicted molar refractivity (Wildman–Crippen MR) is 92.6 cm³/mol. The minimum absolute atomic E-state index is 0.326. The summed E-state index contributed by atoms with van der Waals surface area (Å²) in [4.78, 5) is 2.63. The Morgan fingerprint density at radius 3 is 2.43 bits per heavy atom. The highest BCUT2D eigenvalue weighted by atomic mass is 16.3. The van der Waals surface area contributed by atoms with Crippen LogP contribution in [0, 0.1) is 17.8 Å². The maximum Gasteiger partial charge on any atom is 0.0853 e. The van der Waals surface area contributed by atoms with E-state index in [1.54, 1.807) is 0 Å². The van der Waals surface area contributed by atoms with Crippen LogP contribution in [0.1, 0.15) is 72.6 Å². The number of aliphatic hydroxyl groups excluding tert-OH is 1. The summed E-state index contributed by atoms with van der Waals surface area (Å²) in [6.07, 6.45) is 8.73. The molecule has 0 aliphatic heterocycles. The topological polar surface area (TPSA) is 23.5 Å². The molecule has 1 aliphatic rings. The highest BCUT2D eigenvalue weighted by Crippen LogP contribution is 2.36. The molecular weight excluding hydrogens is 258 g/mol. The zero-order valence-corrected chi connectivity index (χ0v) is 14.9. The second-order valence-electron chi connectivity index (χ2n) is 7.53. The Bertz CT molecular complexity index is 315. The summed E-state index contributed by atoms with van der Waals surface area (Å²) in [7, 11) is 2.32. The smallest absolute Gasteiger partial charge is 0.0853 e. The minimum atomic E-state index is 0.326. The van der Waals surface area contributed by atoms with E-state index >= 15 is 0 Å². The largest absolute Gasteiger partial charge is 0.513 e. The molecule has 124 valence electrons. The molecule has 0 aromatic heterocycles. The van der Waals surface area contributed by atoms with E-state index in [0.29, 0.717) is 17.7 Å². The molecule has 0 aromatic carbocycles. The molecule has 0 heterocycles. The molecule has 0 bridgehead atoms. The van der Waals surface area contributed by atoms with Gasteiger partial charge in [0.05, 0.1) is 5.76 Å². The Balaban J connectivity index is 2.61. The zero-order valence-electron chi connectivity index (χ0n) is 14.9. The molecule has 5 unspecified atom stereocenters. The van der Waals surface area contributed by atoms with Gasteiger partial charge in [0.1, 0.15) is 0 Å². The Kier molecular flexibility index (Phi) is 7.79. The van der Waals surface area contributed by atoms with E-state index in [-0.39, 0.29) is 0 Å². The quantitative estimate of drug-likeness (QED) is 0.606. The molecule has 2 nitrogen and oxygen atoms in total. The van der Waals surface area contributed by atoms with Crippen LogP contribution in [-0.4, -0.2) is 29.1 Å². The Morgan fingerprint density at radius 1 is 1.24 bits per heavy atom. The van der Waals surface area contributed by atoms with Crippen LogP contribution in [0.15, 0.2) is 12.3 Å². The molecule has 2 heteroatoms. The first-order valence-corrected chi connectivity index (χ1v) is 8.95. The minimum Gasteiger partial charge on any atom is -0.513 e. The lowest BCUT2D eigenvalue weighted by molar-refractivity contribution is 0.0586. The van der Waals surface area contributed by atoms with Crippen molar-refractivity contribution in [2.45, 2.75) is 84.7 Å². The Labute approximate surface area is 132 Å². The van der Waals surface area contributed by atoms with Crippen molar-refractivity contribution in [2.75, 3.05) is 7.05 Å². The van der Waals surface area contributed by atoms with Crippen LogP contribution in [-0.2, 0) is 0 Å². The van der Waals surface area contributed by atoms with Crippen molar-refractivity contribution in [3.63, 3.8) is 0 Å². The van der Waals surface area contributed by atoms with E-state index in [4.69, 9.17) is 0 Å². The van der Waals surface area contributed by atoms with Crippen LogP contribution in [0.4, 0.5) is 0 Å². The third-order valence-electron chi connectivity index (χ3n) is 5.70. The fourth-order valence-corrected chi connectivity index (χ4v) is 4.17. The van der Waals surface area contributed by atoms with Gasteiger partial charge >= 0.3 is 0 Å². The molecule has 0 radical (unpaired) electrons. The highest BCUT2D eigenvalue weighted by molar-refractivity contribution is 4.88. The fourth-order valence-electron chi connectivity index (χ4n) is 4.17. The van der Waals surface area contributed by atoms with Crippen LogP contribution >= 0.6 is 0 Å². The lowest BCUT2D eigenvalue weighted by Crippen LogP contribution is -2.47. The van der Waals surface area contributed by atoms with Gasteiger partial charge in [-0.1, -0.05) is 46.6 Å². The van der Waals surface area contributed by atoms with E-state index in [1.165, 1.54) is 32.1 Å². The molecular formula is C19H37NO. The second kappa shape index (κ2) is 8.82. The summed E-state index contributed by atoms with van der Waals surface area (Å²) >= 11 is 0. The summed E-state index contributed by atoms with van der Waals surface area (Å²) in [5, 5.41) is 9.36. The summed E-state index contributed by atoms with van der Waals surface area (Å²) in [5.41, 5.74) is 0. The van der Waals surface area contributed by atoms with Crippen molar-refractivity contribution in [1.29, 1.82) is 0 Å². The van der Waals surface area contributed by atoms with Crippen LogP contribution in [0.5, 0.6) is 0 Å². The van der Waals surface area contributed by atoms with E-state index in [1.807, 2.05) is 0 Å². The van der Waals surface area contributed by atoms with Crippen LogP contribution in [0.3, 0.4) is 0 Å². The van der Waals surface area contributed by atoms with Gasteiger partial charge in [0.15, 0.2) is 0 Å². The third kappa shape index (κ3) is 5.65. The summed E-state index contributed by atoms with van der Waals surface area (Å²) in [6.45, 7) is 13.0.